The smallest absolute Gasteiger partial charge is 0.137 e. The van der Waals surface area contributed by atoms with Crippen LogP contribution in [0.4, 0.5) is 4.39 Å². The van der Waals surface area contributed by atoms with Crippen molar-refractivity contribution >= 4 is 11.8 Å². The van der Waals surface area contributed by atoms with Gasteiger partial charge in [-0.15, -0.1) is 11.8 Å². The molecule has 1 rings (SSSR count). The first-order chi connectivity index (χ1) is 7.54. The molecule has 16 heavy (non-hydrogen) atoms. The Kier molecular flexibility index (Phi) is 5.21. The highest BCUT2D eigenvalue weighted by Gasteiger charge is 2.09. The Morgan fingerprint density at radius 1 is 1.50 bits per heavy atom. The van der Waals surface area contributed by atoms with Crippen LogP contribution in [0.5, 0.6) is 0 Å². The van der Waals surface area contributed by atoms with Crippen molar-refractivity contribution in [3.8, 4) is 0 Å². The monoisotopic (exact) mass is 245 g/mol. The fourth-order valence-corrected chi connectivity index (χ4v) is 1.99. The molecule has 0 aliphatic heterocycles. The van der Waals surface area contributed by atoms with Gasteiger partial charge in [0, 0.05) is 16.7 Å². The molecule has 0 saturated heterocycles. The Morgan fingerprint density at radius 2 is 2.19 bits per heavy atom. The zero-order valence-electron chi connectivity index (χ0n) is 9.06. The van der Waals surface area contributed by atoms with Crippen molar-refractivity contribution in [2.24, 2.45) is 5.73 Å². The standard InChI is InChI=1S/C11H16FNO2S/c1-7(13)8-2-3-11(10(12)4-8)16-6-9(15)5-14/h2-4,7,9,14-15H,5-6,13H2,1H3/t7-,9?/m0/s1. The molecule has 0 radical (unpaired) electrons. The minimum atomic E-state index is -0.822. The summed E-state index contributed by atoms with van der Waals surface area (Å²) in [5.41, 5.74) is 6.37. The van der Waals surface area contributed by atoms with Gasteiger partial charge in [0.05, 0.1) is 12.7 Å². The van der Waals surface area contributed by atoms with Gasteiger partial charge < -0.3 is 15.9 Å². The minimum Gasteiger partial charge on any atom is -0.394 e. The number of thioether (sulfide) groups is 1. The fourth-order valence-electron chi connectivity index (χ4n) is 1.16. The number of rotatable bonds is 5. The van der Waals surface area contributed by atoms with E-state index in [1.807, 2.05) is 0 Å². The molecule has 0 spiro atoms. The van der Waals surface area contributed by atoms with Gasteiger partial charge in [0.15, 0.2) is 0 Å². The van der Waals surface area contributed by atoms with Gasteiger partial charge in [-0.25, -0.2) is 4.39 Å². The van der Waals surface area contributed by atoms with Gasteiger partial charge in [0.1, 0.15) is 5.82 Å². The SMILES string of the molecule is C[C@H](N)c1ccc(SCC(O)CO)c(F)c1. The second kappa shape index (κ2) is 6.20. The minimum absolute atomic E-state index is 0.198. The summed E-state index contributed by atoms with van der Waals surface area (Å²) in [7, 11) is 0. The van der Waals surface area contributed by atoms with Crippen LogP contribution < -0.4 is 5.73 Å². The van der Waals surface area contributed by atoms with Gasteiger partial charge in [0.2, 0.25) is 0 Å². The van der Waals surface area contributed by atoms with E-state index in [9.17, 15) is 4.39 Å². The van der Waals surface area contributed by atoms with E-state index in [4.69, 9.17) is 15.9 Å². The Balaban J connectivity index is 2.68. The summed E-state index contributed by atoms with van der Waals surface area (Å²) in [6.45, 7) is 1.48. The molecule has 4 N–H and O–H groups in total. The normalized spacial score (nSPS) is 14.8. The van der Waals surface area contributed by atoms with E-state index >= 15 is 0 Å². The maximum Gasteiger partial charge on any atom is 0.137 e. The number of nitrogens with two attached hydrogens (primary N) is 1. The lowest BCUT2D eigenvalue weighted by atomic mass is 10.1. The van der Waals surface area contributed by atoms with Gasteiger partial charge in [-0.2, -0.15) is 0 Å². The van der Waals surface area contributed by atoms with Gasteiger partial charge in [-0.05, 0) is 24.6 Å². The number of aliphatic hydroxyl groups excluding tert-OH is 2. The van der Waals surface area contributed by atoms with Crippen LogP contribution in [0, 0.1) is 5.82 Å². The van der Waals surface area contributed by atoms with Crippen molar-refractivity contribution in [2.75, 3.05) is 12.4 Å². The van der Waals surface area contributed by atoms with E-state index in [2.05, 4.69) is 0 Å². The molecule has 1 aromatic carbocycles. The van der Waals surface area contributed by atoms with Crippen molar-refractivity contribution in [3.63, 3.8) is 0 Å². The topological polar surface area (TPSA) is 66.5 Å². The van der Waals surface area contributed by atoms with E-state index in [0.717, 1.165) is 5.56 Å². The third-order valence-electron chi connectivity index (χ3n) is 2.12. The molecule has 0 saturated carbocycles. The first-order valence-electron chi connectivity index (χ1n) is 5.01. The van der Waals surface area contributed by atoms with Crippen LogP contribution >= 0.6 is 11.8 Å². The molecule has 5 heteroatoms. The van der Waals surface area contributed by atoms with Gasteiger partial charge >= 0.3 is 0 Å². The van der Waals surface area contributed by atoms with E-state index in [-0.39, 0.29) is 24.2 Å². The molecule has 0 aromatic heterocycles. The molecule has 1 unspecified atom stereocenters. The van der Waals surface area contributed by atoms with Crippen molar-refractivity contribution < 1.29 is 14.6 Å². The summed E-state index contributed by atoms with van der Waals surface area (Å²) < 4.78 is 13.5. The lowest BCUT2D eigenvalue weighted by Gasteiger charge is -2.10. The van der Waals surface area contributed by atoms with Crippen LogP contribution in [0.3, 0.4) is 0 Å². The molecule has 0 fully saturated rings. The molecular formula is C11H16FNO2S. The average molecular weight is 245 g/mol. The van der Waals surface area contributed by atoms with E-state index in [0.29, 0.717) is 4.90 Å². The van der Waals surface area contributed by atoms with E-state index < -0.39 is 6.10 Å². The largest absolute Gasteiger partial charge is 0.394 e. The predicted octanol–water partition coefficient (Wildman–Crippen LogP) is 1.29. The lowest BCUT2D eigenvalue weighted by Crippen LogP contribution is -2.14. The van der Waals surface area contributed by atoms with Crippen LogP contribution in [0.2, 0.25) is 0 Å². The van der Waals surface area contributed by atoms with Crippen molar-refractivity contribution in [1.82, 2.24) is 0 Å². The third-order valence-corrected chi connectivity index (χ3v) is 3.32. The summed E-state index contributed by atoms with van der Waals surface area (Å²) >= 11 is 1.17. The van der Waals surface area contributed by atoms with Crippen LogP contribution in [0.1, 0.15) is 18.5 Å². The molecule has 0 bridgehead atoms. The summed E-state index contributed by atoms with van der Waals surface area (Å²) in [5.74, 6) is -0.0739. The summed E-state index contributed by atoms with van der Waals surface area (Å²) in [6.07, 6.45) is -0.822. The zero-order chi connectivity index (χ0) is 12.1. The number of halogens is 1. The van der Waals surface area contributed by atoms with Crippen LogP contribution in [-0.2, 0) is 0 Å². The maximum atomic E-state index is 13.5. The van der Waals surface area contributed by atoms with Gasteiger partial charge in [0.25, 0.3) is 0 Å². The first kappa shape index (κ1) is 13.4. The van der Waals surface area contributed by atoms with Crippen molar-refractivity contribution in [1.29, 1.82) is 0 Å². The first-order valence-corrected chi connectivity index (χ1v) is 6.00. The molecular weight excluding hydrogens is 229 g/mol. The quantitative estimate of drug-likeness (QED) is 0.684. The van der Waals surface area contributed by atoms with Crippen LogP contribution in [-0.4, -0.2) is 28.7 Å². The lowest BCUT2D eigenvalue weighted by molar-refractivity contribution is 0.113. The fraction of sp³-hybridized carbons (Fsp3) is 0.455. The third kappa shape index (κ3) is 3.75. The molecule has 2 atom stereocenters. The van der Waals surface area contributed by atoms with Gasteiger partial charge in [-0.1, -0.05) is 6.07 Å². The highest BCUT2D eigenvalue weighted by molar-refractivity contribution is 7.99. The molecule has 90 valence electrons. The van der Waals surface area contributed by atoms with Crippen LogP contribution in [0.15, 0.2) is 23.1 Å². The Hall–Kier alpha value is -0.620. The summed E-state index contributed by atoms with van der Waals surface area (Å²) in [4.78, 5) is 0.455. The second-order valence-electron chi connectivity index (χ2n) is 3.63. The molecule has 1 aromatic rings. The van der Waals surface area contributed by atoms with E-state index in [1.165, 1.54) is 17.8 Å². The Labute approximate surface area is 98.5 Å². The Morgan fingerprint density at radius 3 is 2.69 bits per heavy atom. The maximum absolute atomic E-state index is 13.5. The summed E-state index contributed by atoms with van der Waals surface area (Å²) in [5, 5.41) is 17.8. The number of hydrogen-bond acceptors (Lipinski definition) is 4. The molecule has 0 amide bonds. The van der Waals surface area contributed by atoms with E-state index in [1.54, 1.807) is 19.1 Å². The van der Waals surface area contributed by atoms with Gasteiger partial charge in [-0.3, -0.25) is 0 Å². The second-order valence-corrected chi connectivity index (χ2v) is 4.69. The Bertz CT molecular complexity index is 347. The van der Waals surface area contributed by atoms with Crippen LogP contribution in [0.25, 0.3) is 0 Å². The van der Waals surface area contributed by atoms with Crippen molar-refractivity contribution in [2.45, 2.75) is 24.0 Å². The summed E-state index contributed by atoms with van der Waals surface area (Å²) in [6, 6.07) is 4.61. The number of aliphatic hydroxyl groups is 2. The molecule has 0 aliphatic rings. The number of benzene rings is 1. The average Bonchev–Trinajstić information content (AvgIpc) is 2.26. The molecule has 0 aliphatic carbocycles. The highest BCUT2D eigenvalue weighted by atomic mass is 32.2. The zero-order valence-corrected chi connectivity index (χ0v) is 9.88. The molecule has 3 nitrogen and oxygen atoms in total. The molecule has 0 heterocycles. The highest BCUT2D eigenvalue weighted by Crippen LogP contribution is 2.24. The van der Waals surface area contributed by atoms with Crippen molar-refractivity contribution in [3.05, 3.63) is 29.6 Å². The predicted molar refractivity (Wildman–Crippen MR) is 62.8 cm³/mol. The number of hydrogen-bond donors (Lipinski definition) is 3.